The molecule has 1 aromatic carbocycles. The molecule has 3 aromatic rings. The Balaban J connectivity index is 1.19. The summed E-state index contributed by atoms with van der Waals surface area (Å²) in [6.45, 7) is 2.75. The highest BCUT2D eigenvalue weighted by Gasteiger charge is 2.47. The van der Waals surface area contributed by atoms with Crippen LogP contribution in [0.15, 0.2) is 36.4 Å². The minimum absolute atomic E-state index is 0.0990. The van der Waals surface area contributed by atoms with Gasteiger partial charge < -0.3 is 30.2 Å². The normalized spacial score (nSPS) is 26.9. The second-order valence-electron chi connectivity index (χ2n) is 9.22. The van der Waals surface area contributed by atoms with Crippen molar-refractivity contribution in [2.45, 2.75) is 37.2 Å². The molecule has 3 saturated heterocycles. The van der Waals surface area contributed by atoms with Crippen molar-refractivity contribution in [3.63, 3.8) is 0 Å². The molecular formula is C26H27FN4O3. The molecule has 4 N–H and O–H groups in total. The van der Waals surface area contributed by atoms with E-state index < -0.39 is 6.10 Å². The molecule has 8 heteroatoms. The first-order chi connectivity index (χ1) is 16.6. The number of fused-ring (bicyclic) bond motifs is 2. The van der Waals surface area contributed by atoms with Gasteiger partial charge in [0.2, 0.25) is 0 Å². The molecule has 0 spiro atoms. The van der Waals surface area contributed by atoms with Crippen LogP contribution in [-0.2, 0) is 9.47 Å². The number of hydrogen-bond acceptors (Lipinski definition) is 6. The first kappa shape index (κ1) is 21.6. The van der Waals surface area contributed by atoms with Gasteiger partial charge in [0.1, 0.15) is 29.8 Å². The van der Waals surface area contributed by atoms with Crippen LogP contribution in [0.2, 0.25) is 0 Å². The van der Waals surface area contributed by atoms with E-state index in [0.29, 0.717) is 40.6 Å². The number of pyridine rings is 1. The maximum atomic E-state index is 14.9. The minimum Gasteiger partial charge on any atom is -0.388 e. The van der Waals surface area contributed by atoms with E-state index in [1.54, 1.807) is 0 Å². The lowest BCUT2D eigenvalue weighted by Crippen LogP contribution is -2.36. The summed E-state index contributed by atoms with van der Waals surface area (Å²) >= 11 is 0. The Morgan fingerprint density at radius 2 is 1.85 bits per heavy atom. The van der Waals surface area contributed by atoms with Crippen LogP contribution in [0.1, 0.15) is 18.4 Å². The molecule has 0 aliphatic carbocycles. The van der Waals surface area contributed by atoms with Crippen molar-refractivity contribution in [3.8, 4) is 23.1 Å². The summed E-state index contributed by atoms with van der Waals surface area (Å²) < 4.78 is 26.3. The predicted octanol–water partition coefficient (Wildman–Crippen LogP) is 2.66. The van der Waals surface area contributed by atoms with Crippen molar-refractivity contribution in [2.24, 2.45) is 5.92 Å². The van der Waals surface area contributed by atoms with Crippen LogP contribution in [-0.4, -0.2) is 65.7 Å². The quantitative estimate of drug-likeness (QED) is 0.448. The van der Waals surface area contributed by atoms with Gasteiger partial charge in [0.25, 0.3) is 0 Å². The number of hydrogen-bond donors (Lipinski definition) is 4. The summed E-state index contributed by atoms with van der Waals surface area (Å²) in [5.41, 5.74) is 3.21. The van der Waals surface area contributed by atoms with Gasteiger partial charge in [-0.25, -0.2) is 9.37 Å². The molecule has 0 saturated carbocycles. The lowest BCUT2D eigenvalue weighted by molar-refractivity contribution is 0.0184. The summed E-state index contributed by atoms with van der Waals surface area (Å²) in [5, 5.41) is 16.6. The molecule has 7 nitrogen and oxygen atoms in total. The number of rotatable bonds is 3. The molecule has 4 atom stereocenters. The Kier molecular flexibility index (Phi) is 5.71. The van der Waals surface area contributed by atoms with Crippen LogP contribution >= 0.6 is 0 Å². The van der Waals surface area contributed by atoms with Gasteiger partial charge in [-0.05, 0) is 38.1 Å². The van der Waals surface area contributed by atoms with Crippen molar-refractivity contribution >= 4 is 16.9 Å². The van der Waals surface area contributed by atoms with E-state index >= 15 is 0 Å². The standard InChI is InChI=1S/C26H27FN4O3/c27-18-11-19-20(12-23(29-19)30-21-13-33-26-22(32)14-34-25(21)26)31-24(18)17-5-3-15(4-6-17)1-2-16-7-9-28-10-8-16/h3-6,11-12,16,21-22,25-26,28-30,32H,7-10,13-14H2/t21?,22?,25-,26-/m1/s1. The first-order valence-corrected chi connectivity index (χ1v) is 11.8. The number of aromatic amines is 1. The molecule has 0 radical (unpaired) electrons. The van der Waals surface area contributed by atoms with Gasteiger partial charge in [0.15, 0.2) is 5.82 Å². The van der Waals surface area contributed by atoms with E-state index in [1.165, 1.54) is 6.07 Å². The molecule has 2 unspecified atom stereocenters. The zero-order valence-electron chi connectivity index (χ0n) is 18.7. The van der Waals surface area contributed by atoms with Crippen molar-refractivity contribution in [3.05, 3.63) is 47.8 Å². The summed E-state index contributed by atoms with van der Waals surface area (Å²) in [7, 11) is 0. The number of aliphatic hydroxyl groups excluding tert-OH is 1. The van der Waals surface area contributed by atoms with Crippen molar-refractivity contribution in [1.29, 1.82) is 0 Å². The molecule has 3 aliphatic rings. The Hall–Kier alpha value is -2.96. The average molecular weight is 463 g/mol. The zero-order chi connectivity index (χ0) is 23.1. The molecule has 5 heterocycles. The number of nitrogens with zero attached hydrogens (tertiary/aromatic N) is 1. The van der Waals surface area contributed by atoms with E-state index in [9.17, 15) is 9.50 Å². The fourth-order valence-electron chi connectivity index (χ4n) is 4.98. The molecule has 0 bridgehead atoms. The Morgan fingerprint density at radius 1 is 1.06 bits per heavy atom. The molecule has 34 heavy (non-hydrogen) atoms. The van der Waals surface area contributed by atoms with Gasteiger partial charge in [-0.3, -0.25) is 0 Å². The number of anilines is 1. The van der Waals surface area contributed by atoms with Crippen LogP contribution in [0.5, 0.6) is 0 Å². The highest BCUT2D eigenvalue weighted by Crippen LogP contribution is 2.31. The maximum absolute atomic E-state index is 14.9. The van der Waals surface area contributed by atoms with Crippen LogP contribution < -0.4 is 10.6 Å². The van der Waals surface area contributed by atoms with Crippen LogP contribution in [0, 0.1) is 23.6 Å². The van der Waals surface area contributed by atoms with Gasteiger partial charge in [0.05, 0.1) is 30.3 Å². The number of halogens is 1. The van der Waals surface area contributed by atoms with E-state index in [-0.39, 0.29) is 30.7 Å². The second kappa shape index (κ2) is 9.01. The molecule has 2 aromatic heterocycles. The third kappa shape index (κ3) is 4.17. The van der Waals surface area contributed by atoms with E-state index in [1.807, 2.05) is 30.3 Å². The number of H-pyrrole nitrogens is 1. The number of aromatic nitrogens is 2. The van der Waals surface area contributed by atoms with Crippen LogP contribution in [0.3, 0.4) is 0 Å². The molecular weight excluding hydrogens is 435 g/mol. The summed E-state index contributed by atoms with van der Waals surface area (Å²) in [5.74, 6) is 7.37. The minimum atomic E-state index is -0.597. The van der Waals surface area contributed by atoms with Gasteiger partial charge in [-0.15, -0.1) is 0 Å². The molecule has 6 rings (SSSR count). The lowest BCUT2D eigenvalue weighted by Gasteiger charge is -2.17. The van der Waals surface area contributed by atoms with Gasteiger partial charge in [0, 0.05) is 29.2 Å². The van der Waals surface area contributed by atoms with Crippen molar-refractivity contribution in [2.75, 3.05) is 31.6 Å². The SMILES string of the molecule is OC1CO[C@@H]2C(Nc3cc4nc(-c5ccc(C#CC6CCNCC6)cc5)c(F)cc4[nH]3)CO[C@H]12. The summed E-state index contributed by atoms with van der Waals surface area (Å²) in [4.78, 5) is 7.76. The molecule has 3 fully saturated rings. The topological polar surface area (TPSA) is 91.4 Å². The van der Waals surface area contributed by atoms with Gasteiger partial charge in [-0.1, -0.05) is 24.0 Å². The largest absolute Gasteiger partial charge is 0.388 e. The zero-order valence-corrected chi connectivity index (χ0v) is 18.7. The molecule has 176 valence electrons. The fraction of sp³-hybridized carbons (Fsp3) is 0.423. The first-order valence-electron chi connectivity index (χ1n) is 11.8. The number of benzene rings is 1. The Labute approximate surface area is 197 Å². The highest BCUT2D eigenvalue weighted by molar-refractivity contribution is 5.83. The number of nitrogens with one attached hydrogen (secondary N) is 3. The summed E-state index contributed by atoms with van der Waals surface area (Å²) in [6.07, 6.45) is 1.05. The predicted molar refractivity (Wildman–Crippen MR) is 127 cm³/mol. The second-order valence-corrected chi connectivity index (χ2v) is 9.22. The van der Waals surface area contributed by atoms with Crippen LogP contribution in [0.4, 0.5) is 10.2 Å². The molecule has 3 aliphatic heterocycles. The highest BCUT2D eigenvalue weighted by atomic mass is 19.1. The average Bonchev–Trinajstić information content (AvgIpc) is 3.55. The number of piperidine rings is 1. The smallest absolute Gasteiger partial charge is 0.151 e. The third-order valence-electron chi connectivity index (χ3n) is 6.84. The van der Waals surface area contributed by atoms with E-state index in [0.717, 1.165) is 31.5 Å². The molecule has 0 amide bonds. The van der Waals surface area contributed by atoms with Gasteiger partial charge in [-0.2, -0.15) is 0 Å². The maximum Gasteiger partial charge on any atom is 0.151 e. The third-order valence-corrected chi connectivity index (χ3v) is 6.84. The number of aliphatic hydroxyl groups is 1. The van der Waals surface area contributed by atoms with Gasteiger partial charge >= 0.3 is 0 Å². The Morgan fingerprint density at radius 3 is 2.68 bits per heavy atom. The van der Waals surface area contributed by atoms with E-state index in [4.69, 9.17) is 9.47 Å². The summed E-state index contributed by atoms with van der Waals surface area (Å²) in [6, 6.07) is 10.8. The van der Waals surface area contributed by atoms with Crippen molar-refractivity contribution in [1.82, 2.24) is 15.3 Å². The van der Waals surface area contributed by atoms with Crippen molar-refractivity contribution < 1.29 is 19.0 Å². The fourth-order valence-corrected chi connectivity index (χ4v) is 4.98. The monoisotopic (exact) mass is 462 g/mol. The lowest BCUT2D eigenvalue weighted by atomic mass is 9.98. The van der Waals surface area contributed by atoms with E-state index in [2.05, 4.69) is 32.4 Å². The Bertz CT molecular complexity index is 1240. The number of ether oxygens (including phenoxy) is 2. The van der Waals surface area contributed by atoms with Crippen LogP contribution in [0.25, 0.3) is 22.3 Å².